The van der Waals surface area contributed by atoms with Crippen LogP contribution in [0.1, 0.15) is 54.2 Å². The van der Waals surface area contributed by atoms with Gasteiger partial charge >= 0.3 is 0 Å². The lowest BCUT2D eigenvalue weighted by Gasteiger charge is -2.43. The highest BCUT2D eigenvalue weighted by Crippen LogP contribution is 2.31. The normalized spacial score (nSPS) is 22.0. The highest BCUT2D eigenvalue weighted by molar-refractivity contribution is 5.98. The van der Waals surface area contributed by atoms with E-state index in [4.69, 9.17) is 0 Å². The molecule has 1 aliphatic carbocycles. The molecular weight excluding hydrogens is 370 g/mol. The molecule has 1 saturated carbocycles. The number of hydrogen-bond donors (Lipinski definition) is 1. The van der Waals surface area contributed by atoms with Gasteiger partial charge in [-0.15, -0.1) is 0 Å². The maximum Gasteiger partial charge on any atom is 0.270 e. The van der Waals surface area contributed by atoms with Crippen LogP contribution in [0.25, 0.3) is 10.9 Å². The van der Waals surface area contributed by atoms with E-state index in [0.29, 0.717) is 17.8 Å². The number of H-pyrrole nitrogens is 1. The summed E-state index contributed by atoms with van der Waals surface area (Å²) in [6.45, 7) is 5.06. The van der Waals surface area contributed by atoms with E-state index >= 15 is 0 Å². The summed E-state index contributed by atoms with van der Waals surface area (Å²) < 4.78 is 0. The first kappa shape index (κ1) is 19.4. The largest absolute Gasteiger partial charge is 0.351 e. The van der Waals surface area contributed by atoms with E-state index in [0.717, 1.165) is 49.8 Å². The fraction of sp³-hybridized carbons (Fsp3) is 0.423. The maximum absolute atomic E-state index is 13.4. The molecule has 0 saturated heterocycles. The number of fused-ring (bicyclic) bond motifs is 2. The van der Waals surface area contributed by atoms with Crippen LogP contribution in [0.2, 0.25) is 0 Å². The third-order valence-electron chi connectivity index (χ3n) is 7.10. The first-order valence-corrected chi connectivity index (χ1v) is 11.4. The first-order chi connectivity index (χ1) is 14.7. The number of carbonyl (C=O) groups is 1. The summed E-state index contributed by atoms with van der Waals surface area (Å²) in [4.78, 5) is 21.5. The highest BCUT2D eigenvalue weighted by atomic mass is 16.2. The zero-order valence-corrected chi connectivity index (χ0v) is 17.8. The van der Waals surface area contributed by atoms with Crippen LogP contribution in [-0.2, 0) is 13.0 Å². The molecule has 2 aliphatic rings. The van der Waals surface area contributed by atoms with Crippen LogP contribution < -0.4 is 0 Å². The van der Waals surface area contributed by atoms with Gasteiger partial charge in [-0.25, -0.2) is 0 Å². The van der Waals surface area contributed by atoms with Crippen molar-refractivity contribution in [3.05, 3.63) is 71.4 Å². The average Bonchev–Trinajstić information content (AvgIpc) is 3.24. The number of carbonyl (C=O) groups excluding carboxylic acids is 1. The Morgan fingerprint density at radius 3 is 2.73 bits per heavy atom. The first-order valence-electron chi connectivity index (χ1n) is 11.4. The second-order valence-electron chi connectivity index (χ2n) is 8.82. The van der Waals surface area contributed by atoms with Crippen LogP contribution >= 0.6 is 0 Å². The molecule has 0 unspecified atom stereocenters. The minimum Gasteiger partial charge on any atom is -0.351 e. The number of para-hydroxylation sites is 1. The molecule has 2 aromatic carbocycles. The molecule has 3 aromatic rings. The minimum atomic E-state index is 0.142. The predicted molar refractivity (Wildman–Crippen MR) is 122 cm³/mol. The zero-order valence-electron chi connectivity index (χ0n) is 17.8. The Labute approximate surface area is 178 Å². The molecular formula is C26H31N3O. The SMILES string of the molecule is CCN(C(=O)c1cc2ccccc2[nH]1)[C@H]1CCC[C@@H](N2CCc3ccccc3C2)C1. The molecule has 2 heterocycles. The number of rotatable bonds is 4. The summed E-state index contributed by atoms with van der Waals surface area (Å²) in [6.07, 6.45) is 5.78. The Balaban J connectivity index is 1.31. The Hall–Kier alpha value is -2.59. The molecule has 4 heteroatoms. The highest BCUT2D eigenvalue weighted by Gasteiger charge is 2.33. The van der Waals surface area contributed by atoms with Crippen molar-refractivity contribution in [3.63, 3.8) is 0 Å². The van der Waals surface area contributed by atoms with E-state index in [-0.39, 0.29) is 5.91 Å². The second kappa shape index (κ2) is 8.27. The molecule has 1 aliphatic heterocycles. The smallest absolute Gasteiger partial charge is 0.270 e. The Bertz CT molecular complexity index is 1010. The Kier molecular flexibility index (Phi) is 5.34. The summed E-state index contributed by atoms with van der Waals surface area (Å²) in [7, 11) is 0. The number of benzene rings is 2. The minimum absolute atomic E-state index is 0.142. The third-order valence-corrected chi connectivity index (χ3v) is 7.10. The fourth-order valence-electron chi connectivity index (χ4n) is 5.49. The summed E-state index contributed by atoms with van der Waals surface area (Å²) in [5.74, 6) is 0.142. The van der Waals surface area contributed by atoms with E-state index in [1.807, 2.05) is 24.3 Å². The van der Waals surface area contributed by atoms with Crippen molar-refractivity contribution < 1.29 is 4.79 Å². The molecule has 0 bridgehead atoms. The molecule has 1 aromatic heterocycles. The quantitative estimate of drug-likeness (QED) is 0.668. The van der Waals surface area contributed by atoms with E-state index in [1.165, 1.54) is 24.0 Å². The van der Waals surface area contributed by atoms with Crippen LogP contribution in [0.15, 0.2) is 54.6 Å². The van der Waals surface area contributed by atoms with Gasteiger partial charge in [-0.3, -0.25) is 9.69 Å². The van der Waals surface area contributed by atoms with Crippen molar-refractivity contribution >= 4 is 16.8 Å². The molecule has 5 rings (SSSR count). The molecule has 1 N–H and O–H groups in total. The van der Waals surface area contributed by atoms with E-state index in [1.54, 1.807) is 0 Å². The molecule has 4 nitrogen and oxygen atoms in total. The van der Waals surface area contributed by atoms with E-state index in [2.05, 4.69) is 52.0 Å². The molecule has 1 fully saturated rings. The van der Waals surface area contributed by atoms with Gasteiger partial charge in [0.05, 0.1) is 0 Å². The monoisotopic (exact) mass is 401 g/mol. The molecule has 1 amide bonds. The van der Waals surface area contributed by atoms with E-state index < -0.39 is 0 Å². The Morgan fingerprint density at radius 2 is 1.90 bits per heavy atom. The second-order valence-corrected chi connectivity index (χ2v) is 8.82. The lowest BCUT2D eigenvalue weighted by molar-refractivity contribution is 0.0516. The average molecular weight is 402 g/mol. The standard InChI is InChI=1S/C26H31N3O/c1-2-29(26(30)25-16-20-9-5-6-13-24(20)27-25)23-12-7-11-22(17-23)28-15-14-19-8-3-4-10-21(19)18-28/h3-6,8-10,13,16,22-23,27H,2,7,11-12,14-15,17-18H2,1H3/t22-,23+/m1/s1. The van der Waals surface area contributed by atoms with Gasteiger partial charge in [0.25, 0.3) is 5.91 Å². The number of nitrogens with zero attached hydrogens (tertiary/aromatic N) is 2. The molecule has 156 valence electrons. The molecule has 0 radical (unpaired) electrons. The van der Waals surface area contributed by atoms with Gasteiger partial charge in [-0.05, 0) is 62.3 Å². The van der Waals surface area contributed by atoms with Crippen LogP contribution in [0.5, 0.6) is 0 Å². The van der Waals surface area contributed by atoms with Crippen molar-refractivity contribution in [3.8, 4) is 0 Å². The Morgan fingerprint density at radius 1 is 1.10 bits per heavy atom. The van der Waals surface area contributed by atoms with Gasteiger partial charge in [0.15, 0.2) is 0 Å². The number of aromatic amines is 1. The number of hydrogen-bond acceptors (Lipinski definition) is 2. The van der Waals surface area contributed by atoms with Crippen molar-refractivity contribution in [1.29, 1.82) is 0 Å². The van der Waals surface area contributed by atoms with Crippen LogP contribution in [0.3, 0.4) is 0 Å². The zero-order chi connectivity index (χ0) is 20.5. The predicted octanol–water partition coefficient (Wildman–Crippen LogP) is 5.00. The number of amides is 1. The summed E-state index contributed by atoms with van der Waals surface area (Å²) in [5, 5.41) is 1.10. The van der Waals surface area contributed by atoms with Gasteiger partial charge in [-0.1, -0.05) is 42.5 Å². The lowest BCUT2D eigenvalue weighted by atomic mass is 9.87. The lowest BCUT2D eigenvalue weighted by Crippen LogP contribution is -2.49. The van der Waals surface area contributed by atoms with Crippen molar-refractivity contribution in [2.75, 3.05) is 13.1 Å². The molecule has 0 spiro atoms. The number of nitrogens with one attached hydrogen (secondary N) is 1. The maximum atomic E-state index is 13.4. The van der Waals surface area contributed by atoms with Crippen LogP contribution in [-0.4, -0.2) is 45.9 Å². The van der Waals surface area contributed by atoms with Crippen molar-refractivity contribution in [2.45, 2.75) is 57.7 Å². The summed E-state index contributed by atoms with van der Waals surface area (Å²) in [6, 6.07) is 19.9. The fourth-order valence-corrected chi connectivity index (χ4v) is 5.49. The number of aromatic nitrogens is 1. The molecule has 2 atom stereocenters. The van der Waals surface area contributed by atoms with E-state index in [9.17, 15) is 4.79 Å². The van der Waals surface area contributed by atoms with Crippen molar-refractivity contribution in [1.82, 2.24) is 14.8 Å². The van der Waals surface area contributed by atoms with Gasteiger partial charge in [0.1, 0.15) is 5.69 Å². The summed E-state index contributed by atoms with van der Waals surface area (Å²) in [5.41, 5.74) is 4.73. The van der Waals surface area contributed by atoms with Crippen molar-refractivity contribution in [2.24, 2.45) is 0 Å². The van der Waals surface area contributed by atoms with Crippen LogP contribution in [0.4, 0.5) is 0 Å². The van der Waals surface area contributed by atoms with Gasteiger partial charge in [0, 0.05) is 42.6 Å². The molecule has 30 heavy (non-hydrogen) atoms. The van der Waals surface area contributed by atoms with Crippen LogP contribution in [0, 0.1) is 0 Å². The van der Waals surface area contributed by atoms with Gasteiger partial charge < -0.3 is 9.88 Å². The van der Waals surface area contributed by atoms with Gasteiger partial charge in [0.2, 0.25) is 0 Å². The topological polar surface area (TPSA) is 39.3 Å². The third kappa shape index (κ3) is 3.65. The summed E-state index contributed by atoms with van der Waals surface area (Å²) >= 11 is 0. The van der Waals surface area contributed by atoms with Gasteiger partial charge in [-0.2, -0.15) is 0 Å².